The lowest BCUT2D eigenvalue weighted by Gasteiger charge is -2.33. The van der Waals surface area contributed by atoms with Crippen LogP contribution in [-0.2, 0) is 23.6 Å². The number of benzene rings is 1. The second-order valence-corrected chi connectivity index (χ2v) is 9.92. The fourth-order valence-electron chi connectivity index (χ4n) is 4.88. The molecule has 1 unspecified atom stereocenters. The maximum Gasteiger partial charge on any atom is 0.451 e. The number of nitrogens with zero attached hydrogens (tertiary/aromatic N) is 4. The Morgan fingerprint density at radius 1 is 1.03 bits per heavy atom. The summed E-state index contributed by atoms with van der Waals surface area (Å²) in [6, 6.07) is 4.65. The zero-order valence-electron chi connectivity index (χ0n) is 21.0. The topological polar surface area (TPSA) is 108 Å². The number of carbonyl (C=O) groups is 1. The molecule has 3 heterocycles. The molecule has 1 aromatic carbocycles. The number of aliphatic hydroxyl groups excluding tert-OH is 1. The number of aliphatic hydroxyl groups is 1. The van der Waals surface area contributed by atoms with Crippen molar-refractivity contribution in [3.63, 3.8) is 0 Å². The lowest BCUT2D eigenvalue weighted by Crippen LogP contribution is -2.44. The van der Waals surface area contributed by atoms with Gasteiger partial charge in [-0.1, -0.05) is 12.1 Å². The SMILES string of the molecule is N[C@@H]1CC(C(=O)NCCc2ccc(C(F)(F)F)cc2)N(c2cc(N3CCC(CO)CC3)nc(C(F)(F)F)n2)C1. The van der Waals surface area contributed by atoms with E-state index in [1.165, 1.54) is 23.1 Å². The van der Waals surface area contributed by atoms with Gasteiger partial charge in [-0.2, -0.15) is 26.3 Å². The molecule has 2 fully saturated rings. The van der Waals surface area contributed by atoms with Gasteiger partial charge in [-0.05, 0) is 49.3 Å². The standard InChI is InChI=1S/C25H30F6N6O2/c26-24(27,28)17-3-1-15(2-4-17)5-8-33-22(39)19-11-18(32)13-37(19)21-12-20(34-23(35-21)25(29,30)31)36-9-6-16(14-38)7-10-36/h1-4,12,16,18-19,38H,5-11,13-14,32H2,(H,33,39)/t18-,19?/m1/s1. The zero-order valence-corrected chi connectivity index (χ0v) is 21.0. The first-order chi connectivity index (χ1) is 18.3. The minimum Gasteiger partial charge on any atom is -0.396 e. The van der Waals surface area contributed by atoms with Crippen LogP contribution in [0.25, 0.3) is 0 Å². The van der Waals surface area contributed by atoms with E-state index in [1.54, 1.807) is 4.90 Å². The van der Waals surface area contributed by atoms with Crippen molar-refractivity contribution in [3.05, 3.63) is 47.3 Å². The second kappa shape index (κ2) is 11.5. The monoisotopic (exact) mass is 560 g/mol. The van der Waals surface area contributed by atoms with Crippen LogP contribution >= 0.6 is 0 Å². The fourth-order valence-corrected chi connectivity index (χ4v) is 4.88. The Balaban J connectivity index is 1.48. The van der Waals surface area contributed by atoms with E-state index in [0.717, 1.165) is 12.1 Å². The molecule has 4 N–H and O–H groups in total. The number of hydrogen-bond donors (Lipinski definition) is 3. The normalized spacial score (nSPS) is 20.9. The Labute approximate surface area is 221 Å². The van der Waals surface area contributed by atoms with E-state index in [2.05, 4.69) is 15.3 Å². The van der Waals surface area contributed by atoms with Gasteiger partial charge in [-0.3, -0.25) is 4.79 Å². The predicted molar refractivity (Wildman–Crippen MR) is 131 cm³/mol. The second-order valence-electron chi connectivity index (χ2n) is 9.92. The van der Waals surface area contributed by atoms with Crippen molar-refractivity contribution in [2.75, 3.05) is 42.6 Å². The van der Waals surface area contributed by atoms with Crippen LogP contribution < -0.4 is 20.9 Å². The van der Waals surface area contributed by atoms with Gasteiger partial charge in [0.25, 0.3) is 0 Å². The average molecular weight is 561 g/mol. The molecule has 39 heavy (non-hydrogen) atoms. The summed E-state index contributed by atoms with van der Waals surface area (Å²) >= 11 is 0. The number of nitrogens with one attached hydrogen (secondary N) is 1. The minimum atomic E-state index is -4.81. The molecule has 0 bridgehead atoms. The molecule has 1 amide bonds. The van der Waals surface area contributed by atoms with Gasteiger partial charge in [0.2, 0.25) is 11.7 Å². The Morgan fingerprint density at radius 2 is 1.67 bits per heavy atom. The number of carbonyl (C=O) groups excluding carboxylic acids is 1. The summed E-state index contributed by atoms with van der Waals surface area (Å²) in [5.41, 5.74) is 5.90. The van der Waals surface area contributed by atoms with Gasteiger partial charge in [0, 0.05) is 44.9 Å². The van der Waals surface area contributed by atoms with Gasteiger partial charge in [0.1, 0.15) is 17.7 Å². The number of anilines is 2. The summed E-state index contributed by atoms with van der Waals surface area (Å²) in [7, 11) is 0. The zero-order chi connectivity index (χ0) is 28.4. The van der Waals surface area contributed by atoms with Crippen molar-refractivity contribution < 1.29 is 36.2 Å². The predicted octanol–water partition coefficient (Wildman–Crippen LogP) is 2.99. The summed E-state index contributed by atoms with van der Waals surface area (Å²) < 4.78 is 79.4. The van der Waals surface area contributed by atoms with Crippen LogP contribution in [-0.4, -0.2) is 65.9 Å². The smallest absolute Gasteiger partial charge is 0.396 e. The number of piperidine rings is 1. The Morgan fingerprint density at radius 3 is 2.26 bits per heavy atom. The molecular formula is C25H30F6N6O2. The number of hydrogen-bond acceptors (Lipinski definition) is 7. The third-order valence-corrected chi connectivity index (χ3v) is 7.07. The van der Waals surface area contributed by atoms with Crippen molar-refractivity contribution in [1.82, 2.24) is 15.3 Å². The largest absolute Gasteiger partial charge is 0.451 e. The first-order valence-electron chi connectivity index (χ1n) is 12.6. The lowest BCUT2D eigenvalue weighted by atomic mass is 9.98. The number of amides is 1. The molecule has 2 aliphatic rings. The molecule has 0 saturated carbocycles. The van der Waals surface area contributed by atoms with Gasteiger partial charge < -0.3 is 26.0 Å². The quantitative estimate of drug-likeness (QED) is 0.447. The fraction of sp³-hybridized carbons (Fsp3) is 0.560. The van der Waals surface area contributed by atoms with Gasteiger partial charge >= 0.3 is 12.4 Å². The molecule has 2 saturated heterocycles. The van der Waals surface area contributed by atoms with E-state index in [-0.39, 0.29) is 50.1 Å². The van der Waals surface area contributed by atoms with Gasteiger partial charge in [-0.15, -0.1) is 0 Å². The third-order valence-electron chi connectivity index (χ3n) is 7.07. The van der Waals surface area contributed by atoms with Gasteiger partial charge in [0.15, 0.2) is 0 Å². The molecule has 0 aliphatic carbocycles. The van der Waals surface area contributed by atoms with Gasteiger partial charge in [-0.25, -0.2) is 9.97 Å². The summed E-state index contributed by atoms with van der Waals surface area (Å²) in [6.45, 7) is 1.08. The molecule has 2 atom stereocenters. The highest BCUT2D eigenvalue weighted by atomic mass is 19.4. The van der Waals surface area contributed by atoms with Crippen LogP contribution in [0.2, 0.25) is 0 Å². The van der Waals surface area contributed by atoms with E-state index in [1.807, 2.05) is 0 Å². The van der Waals surface area contributed by atoms with Crippen molar-refractivity contribution >= 4 is 17.5 Å². The molecule has 8 nitrogen and oxygen atoms in total. The molecule has 2 aliphatic heterocycles. The van der Waals surface area contributed by atoms with Gasteiger partial charge in [0.05, 0.1) is 5.56 Å². The number of nitrogens with two attached hydrogens (primary N) is 1. The highest BCUT2D eigenvalue weighted by Crippen LogP contribution is 2.34. The van der Waals surface area contributed by atoms with Crippen LogP contribution in [0.1, 0.15) is 36.2 Å². The average Bonchev–Trinajstić information content (AvgIpc) is 3.29. The number of halogens is 6. The molecule has 1 aromatic heterocycles. The van der Waals surface area contributed by atoms with E-state index in [4.69, 9.17) is 5.73 Å². The van der Waals surface area contributed by atoms with Crippen LogP contribution in [0.3, 0.4) is 0 Å². The Bertz CT molecular complexity index is 1140. The maximum atomic E-state index is 13.7. The molecule has 14 heteroatoms. The molecule has 2 aromatic rings. The summed E-state index contributed by atoms with van der Waals surface area (Å²) in [4.78, 5) is 23.7. The Kier molecular flexibility index (Phi) is 8.54. The highest BCUT2D eigenvalue weighted by molar-refractivity contribution is 5.86. The van der Waals surface area contributed by atoms with Crippen LogP contribution in [0.15, 0.2) is 30.3 Å². The van der Waals surface area contributed by atoms with Crippen molar-refractivity contribution in [2.24, 2.45) is 11.7 Å². The van der Waals surface area contributed by atoms with E-state index < -0.39 is 41.7 Å². The van der Waals surface area contributed by atoms with Crippen molar-refractivity contribution in [2.45, 2.75) is 50.1 Å². The molecule has 0 radical (unpaired) electrons. The molecule has 214 valence electrons. The Hall–Kier alpha value is -3.13. The summed E-state index contributed by atoms with van der Waals surface area (Å²) in [6.07, 6.45) is -7.59. The third kappa shape index (κ3) is 7.10. The van der Waals surface area contributed by atoms with Crippen LogP contribution in [0.4, 0.5) is 38.0 Å². The minimum absolute atomic E-state index is 0.0119. The molecular weight excluding hydrogens is 530 g/mol. The maximum absolute atomic E-state index is 13.7. The molecule has 4 rings (SSSR count). The highest BCUT2D eigenvalue weighted by Gasteiger charge is 2.40. The first kappa shape index (κ1) is 28.9. The van der Waals surface area contributed by atoms with Crippen LogP contribution in [0, 0.1) is 5.92 Å². The van der Waals surface area contributed by atoms with E-state index in [0.29, 0.717) is 31.5 Å². The molecule has 0 spiro atoms. The van der Waals surface area contributed by atoms with E-state index >= 15 is 0 Å². The summed E-state index contributed by atoms with van der Waals surface area (Å²) in [5, 5.41) is 12.1. The lowest BCUT2D eigenvalue weighted by molar-refractivity contribution is -0.144. The summed E-state index contributed by atoms with van der Waals surface area (Å²) in [5.74, 6) is -1.68. The number of alkyl halides is 6. The van der Waals surface area contributed by atoms with E-state index in [9.17, 15) is 36.2 Å². The first-order valence-corrected chi connectivity index (χ1v) is 12.6. The van der Waals surface area contributed by atoms with Crippen molar-refractivity contribution in [1.29, 1.82) is 0 Å². The van der Waals surface area contributed by atoms with Crippen LogP contribution in [0.5, 0.6) is 0 Å². The number of aromatic nitrogens is 2. The van der Waals surface area contributed by atoms with Crippen molar-refractivity contribution in [3.8, 4) is 0 Å². The number of rotatable bonds is 7.